The summed E-state index contributed by atoms with van der Waals surface area (Å²) >= 11 is 0. The standard InChI is InChI=1S/C22H34O3/c1-4-5-6-7-8-9-10-11-12-13-14-16-19-17-15-18-20(24-2)21(19)22(23)25-3/h14-18H,4-13H2,1-3H3. The van der Waals surface area contributed by atoms with Crippen molar-refractivity contribution in [3.63, 3.8) is 0 Å². The topological polar surface area (TPSA) is 35.5 Å². The van der Waals surface area contributed by atoms with Gasteiger partial charge in [-0.3, -0.25) is 0 Å². The normalized spacial score (nSPS) is 11.0. The molecule has 0 aliphatic carbocycles. The lowest BCUT2D eigenvalue weighted by molar-refractivity contribution is 0.0597. The molecule has 0 radical (unpaired) electrons. The highest BCUT2D eigenvalue weighted by Crippen LogP contribution is 2.24. The Balaban J connectivity index is 2.34. The van der Waals surface area contributed by atoms with Gasteiger partial charge in [-0.05, 0) is 24.5 Å². The lowest BCUT2D eigenvalue weighted by atomic mass is 10.0. The molecule has 0 N–H and O–H groups in total. The molecule has 0 saturated carbocycles. The first-order chi connectivity index (χ1) is 12.2. The van der Waals surface area contributed by atoms with E-state index in [2.05, 4.69) is 13.0 Å². The Kier molecular flexibility index (Phi) is 11.5. The Bertz CT molecular complexity index is 520. The molecular formula is C22H34O3. The Morgan fingerprint density at radius 1 is 0.960 bits per heavy atom. The number of allylic oxidation sites excluding steroid dienone is 1. The average Bonchev–Trinajstić information content (AvgIpc) is 2.65. The van der Waals surface area contributed by atoms with Gasteiger partial charge in [0.15, 0.2) is 0 Å². The Hall–Kier alpha value is -1.77. The summed E-state index contributed by atoms with van der Waals surface area (Å²) in [5.41, 5.74) is 1.35. The molecule has 0 saturated heterocycles. The van der Waals surface area contributed by atoms with Crippen LogP contribution in [0, 0.1) is 0 Å². The zero-order chi connectivity index (χ0) is 18.3. The second kappa shape index (κ2) is 13.5. The van der Waals surface area contributed by atoms with Crippen molar-refractivity contribution in [2.75, 3.05) is 14.2 Å². The number of hydrogen-bond acceptors (Lipinski definition) is 3. The summed E-state index contributed by atoms with van der Waals surface area (Å²) in [7, 11) is 2.96. The molecule has 25 heavy (non-hydrogen) atoms. The summed E-state index contributed by atoms with van der Waals surface area (Å²) in [5.74, 6) is 0.192. The van der Waals surface area contributed by atoms with E-state index in [1.807, 2.05) is 18.2 Å². The van der Waals surface area contributed by atoms with Gasteiger partial charge in [-0.1, -0.05) is 82.6 Å². The van der Waals surface area contributed by atoms with Crippen LogP contribution >= 0.6 is 0 Å². The number of benzene rings is 1. The predicted octanol–water partition coefficient (Wildman–Crippen LogP) is 6.42. The molecule has 0 aliphatic heterocycles. The fourth-order valence-electron chi connectivity index (χ4n) is 2.96. The molecule has 0 amide bonds. The van der Waals surface area contributed by atoms with Crippen LogP contribution in [-0.4, -0.2) is 20.2 Å². The van der Waals surface area contributed by atoms with Gasteiger partial charge in [-0.15, -0.1) is 0 Å². The van der Waals surface area contributed by atoms with Gasteiger partial charge in [-0.25, -0.2) is 4.79 Å². The van der Waals surface area contributed by atoms with E-state index >= 15 is 0 Å². The fourth-order valence-corrected chi connectivity index (χ4v) is 2.96. The van der Waals surface area contributed by atoms with Crippen LogP contribution in [0.3, 0.4) is 0 Å². The lowest BCUT2D eigenvalue weighted by Crippen LogP contribution is -2.06. The largest absolute Gasteiger partial charge is 0.496 e. The van der Waals surface area contributed by atoms with Crippen LogP contribution in [0.15, 0.2) is 24.3 Å². The number of methoxy groups -OCH3 is 2. The minimum atomic E-state index is -0.361. The maximum atomic E-state index is 12.0. The van der Waals surface area contributed by atoms with Crippen molar-refractivity contribution in [3.05, 3.63) is 35.4 Å². The van der Waals surface area contributed by atoms with Crippen molar-refractivity contribution in [2.45, 2.75) is 71.1 Å². The van der Waals surface area contributed by atoms with Gasteiger partial charge in [0.1, 0.15) is 11.3 Å². The molecule has 140 valence electrons. The molecule has 0 spiro atoms. The van der Waals surface area contributed by atoms with Gasteiger partial charge >= 0.3 is 5.97 Å². The Morgan fingerprint density at radius 2 is 1.60 bits per heavy atom. The summed E-state index contributed by atoms with van der Waals surface area (Å²) in [6.45, 7) is 2.26. The van der Waals surface area contributed by atoms with Gasteiger partial charge in [-0.2, -0.15) is 0 Å². The van der Waals surface area contributed by atoms with Gasteiger partial charge in [0.2, 0.25) is 0 Å². The molecule has 0 fully saturated rings. The Labute approximate surface area is 153 Å². The summed E-state index contributed by atoms with van der Waals surface area (Å²) in [4.78, 5) is 12.0. The Morgan fingerprint density at radius 3 is 2.20 bits per heavy atom. The van der Waals surface area contributed by atoms with Crippen LogP contribution in [0.5, 0.6) is 5.75 Å². The fraction of sp³-hybridized carbons (Fsp3) is 0.591. The highest BCUT2D eigenvalue weighted by atomic mass is 16.5. The molecule has 0 bridgehead atoms. The first-order valence-electron chi connectivity index (χ1n) is 9.66. The number of esters is 1. The van der Waals surface area contributed by atoms with E-state index in [9.17, 15) is 4.79 Å². The maximum absolute atomic E-state index is 12.0. The van der Waals surface area contributed by atoms with Crippen molar-refractivity contribution < 1.29 is 14.3 Å². The molecule has 0 heterocycles. The van der Waals surface area contributed by atoms with Crippen molar-refractivity contribution in [1.82, 2.24) is 0 Å². The quantitative estimate of drug-likeness (QED) is 0.305. The molecule has 3 nitrogen and oxygen atoms in total. The maximum Gasteiger partial charge on any atom is 0.342 e. The van der Waals surface area contributed by atoms with E-state index in [4.69, 9.17) is 9.47 Å². The highest BCUT2D eigenvalue weighted by molar-refractivity contribution is 5.96. The van der Waals surface area contributed by atoms with Gasteiger partial charge in [0.25, 0.3) is 0 Å². The van der Waals surface area contributed by atoms with Crippen LogP contribution in [0.4, 0.5) is 0 Å². The molecule has 1 aromatic rings. The zero-order valence-corrected chi connectivity index (χ0v) is 16.2. The zero-order valence-electron chi connectivity index (χ0n) is 16.2. The summed E-state index contributed by atoms with van der Waals surface area (Å²) in [6, 6.07) is 5.59. The van der Waals surface area contributed by atoms with Crippen LogP contribution in [0.25, 0.3) is 6.08 Å². The van der Waals surface area contributed by atoms with E-state index in [-0.39, 0.29) is 5.97 Å². The SMILES string of the molecule is CCCCCCCCCCCC=Cc1cccc(OC)c1C(=O)OC. The molecule has 3 heteroatoms. The van der Waals surface area contributed by atoms with Gasteiger partial charge in [0.05, 0.1) is 14.2 Å². The van der Waals surface area contributed by atoms with E-state index in [0.717, 1.165) is 12.0 Å². The highest BCUT2D eigenvalue weighted by Gasteiger charge is 2.15. The first kappa shape index (κ1) is 21.3. The molecule has 1 rings (SSSR count). The summed E-state index contributed by atoms with van der Waals surface area (Å²) < 4.78 is 10.2. The summed E-state index contributed by atoms with van der Waals surface area (Å²) in [6.07, 6.45) is 17.2. The minimum absolute atomic E-state index is 0.361. The molecule has 1 aromatic carbocycles. The second-order valence-corrected chi connectivity index (χ2v) is 6.44. The molecule has 0 unspecified atom stereocenters. The number of unbranched alkanes of at least 4 members (excludes halogenated alkanes) is 9. The number of carbonyl (C=O) groups excluding carboxylic acids is 1. The lowest BCUT2D eigenvalue weighted by Gasteiger charge is -2.09. The smallest absolute Gasteiger partial charge is 0.342 e. The van der Waals surface area contributed by atoms with Crippen LogP contribution in [0.1, 0.15) is 87.1 Å². The van der Waals surface area contributed by atoms with E-state index < -0.39 is 0 Å². The van der Waals surface area contributed by atoms with E-state index in [0.29, 0.717) is 11.3 Å². The third kappa shape index (κ3) is 8.24. The van der Waals surface area contributed by atoms with Crippen molar-refractivity contribution in [3.8, 4) is 5.75 Å². The third-order valence-electron chi connectivity index (χ3n) is 4.44. The predicted molar refractivity (Wildman–Crippen MR) is 105 cm³/mol. The molecule has 0 atom stereocenters. The molecule has 0 aliphatic rings. The van der Waals surface area contributed by atoms with E-state index in [1.165, 1.54) is 64.9 Å². The van der Waals surface area contributed by atoms with Crippen molar-refractivity contribution >= 4 is 12.0 Å². The number of carbonyl (C=O) groups is 1. The monoisotopic (exact) mass is 346 g/mol. The minimum Gasteiger partial charge on any atom is -0.496 e. The number of hydrogen-bond donors (Lipinski definition) is 0. The second-order valence-electron chi connectivity index (χ2n) is 6.44. The number of rotatable bonds is 13. The van der Waals surface area contributed by atoms with Crippen LogP contribution in [0.2, 0.25) is 0 Å². The van der Waals surface area contributed by atoms with Crippen molar-refractivity contribution in [2.24, 2.45) is 0 Å². The number of ether oxygens (including phenoxy) is 2. The van der Waals surface area contributed by atoms with Crippen LogP contribution in [-0.2, 0) is 4.74 Å². The first-order valence-corrected chi connectivity index (χ1v) is 9.66. The van der Waals surface area contributed by atoms with Crippen LogP contribution < -0.4 is 4.74 Å². The molecule has 0 aromatic heterocycles. The van der Waals surface area contributed by atoms with E-state index in [1.54, 1.807) is 13.2 Å². The van der Waals surface area contributed by atoms with Gasteiger partial charge in [0, 0.05) is 0 Å². The van der Waals surface area contributed by atoms with Gasteiger partial charge < -0.3 is 9.47 Å². The summed E-state index contributed by atoms with van der Waals surface area (Å²) in [5, 5.41) is 0. The van der Waals surface area contributed by atoms with Crippen molar-refractivity contribution in [1.29, 1.82) is 0 Å². The third-order valence-corrected chi connectivity index (χ3v) is 4.44. The average molecular weight is 347 g/mol. The molecular weight excluding hydrogens is 312 g/mol.